The normalized spacial score (nSPS) is 23.4. The molecule has 1 aliphatic carbocycles. The Morgan fingerprint density at radius 1 is 1.14 bits per heavy atom. The highest BCUT2D eigenvalue weighted by atomic mass is 35.5. The number of amides is 2. The topological polar surface area (TPSA) is 119 Å². The number of aliphatic hydroxyl groups is 1. The number of hydrogen-bond acceptors (Lipinski definition) is 6. The SMILES string of the molecule is C[C@@H]1C[C@@H](O)c2ncnc(N3CCN(C(=O)C(NC(=O)O)[C@@H](c4ccc(Cl)cc4)C(C)(C)C)C[C@@H]3C)c21. The predicted molar refractivity (Wildman–Crippen MR) is 142 cm³/mol. The third-order valence-electron chi connectivity index (χ3n) is 7.53. The first kappa shape index (κ1) is 27.1. The highest BCUT2D eigenvalue weighted by Gasteiger charge is 2.42. The number of piperazine rings is 1. The highest BCUT2D eigenvalue weighted by Crippen LogP contribution is 2.43. The van der Waals surface area contributed by atoms with E-state index >= 15 is 0 Å². The van der Waals surface area contributed by atoms with Crippen LogP contribution in [-0.2, 0) is 4.79 Å². The molecule has 1 aromatic heterocycles. The molecule has 1 unspecified atom stereocenters. The average Bonchev–Trinajstić information content (AvgIpc) is 3.12. The number of nitrogens with zero attached hydrogens (tertiary/aromatic N) is 4. The average molecular weight is 530 g/mol. The van der Waals surface area contributed by atoms with Crippen molar-refractivity contribution in [2.24, 2.45) is 5.41 Å². The molecule has 0 radical (unpaired) electrons. The summed E-state index contributed by atoms with van der Waals surface area (Å²) in [5, 5.41) is 23.2. The number of rotatable bonds is 5. The molecule has 10 heteroatoms. The lowest BCUT2D eigenvalue weighted by molar-refractivity contribution is -0.135. The number of aromatic nitrogens is 2. The molecule has 0 saturated carbocycles. The van der Waals surface area contributed by atoms with E-state index in [-0.39, 0.29) is 17.9 Å². The zero-order valence-electron chi connectivity index (χ0n) is 22.0. The van der Waals surface area contributed by atoms with Gasteiger partial charge in [0, 0.05) is 42.2 Å². The van der Waals surface area contributed by atoms with Crippen LogP contribution in [0.2, 0.25) is 5.02 Å². The molecule has 1 aliphatic heterocycles. The number of anilines is 1. The molecule has 2 amide bonds. The van der Waals surface area contributed by atoms with Gasteiger partial charge in [-0.25, -0.2) is 14.8 Å². The minimum absolute atomic E-state index is 0.0595. The maximum Gasteiger partial charge on any atom is 0.405 e. The van der Waals surface area contributed by atoms with Crippen molar-refractivity contribution in [3.8, 4) is 0 Å². The van der Waals surface area contributed by atoms with E-state index in [1.807, 2.05) is 39.8 Å². The number of aliphatic hydroxyl groups excluding tert-OH is 1. The maximum atomic E-state index is 13.9. The second-order valence-corrected chi connectivity index (χ2v) is 11.7. The van der Waals surface area contributed by atoms with Crippen LogP contribution in [0, 0.1) is 5.41 Å². The van der Waals surface area contributed by atoms with Gasteiger partial charge in [0.1, 0.15) is 18.2 Å². The smallest absolute Gasteiger partial charge is 0.405 e. The summed E-state index contributed by atoms with van der Waals surface area (Å²) in [5.41, 5.74) is 2.09. The molecule has 5 atom stereocenters. The first-order valence-corrected chi connectivity index (χ1v) is 13.1. The summed E-state index contributed by atoms with van der Waals surface area (Å²) in [6.07, 6.45) is 0.286. The van der Waals surface area contributed by atoms with Crippen LogP contribution >= 0.6 is 11.6 Å². The van der Waals surface area contributed by atoms with Gasteiger partial charge in [0.2, 0.25) is 5.91 Å². The summed E-state index contributed by atoms with van der Waals surface area (Å²) in [6, 6.07) is 6.21. The fraction of sp³-hybridized carbons (Fsp3) is 0.556. The van der Waals surface area contributed by atoms with E-state index in [1.54, 1.807) is 17.0 Å². The summed E-state index contributed by atoms with van der Waals surface area (Å²) in [7, 11) is 0. The summed E-state index contributed by atoms with van der Waals surface area (Å²) >= 11 is 6.10. The van der Waals surface area contributed by atoms with Crippen molar-refractivity contribution in [2.45, 2.75) is 71.1 Å². The van der Waals surface area contributed by atoms with Crippen LogP contribution < -0.4 is 10.2 Å². The molecule has 4 rings (SSSR count). The van der Waals surface area contributed by atoms with Crippen molar-refractivity contribution >= 4 is 29.4 Å². The first-order valence-electron chi connectivity index (χ1n) is 12.7. The van der Waals surface area contributed by atoms with Gasteiger partial charge in [0.05, 0.1) is 11.8 Å². The van der Waals surface area contributed by atoms with Crippen LogP contribution in [-0.4, -0.2) is 68.8 Å². The summed E-state index contributed by atoms with van der Waals surface area (Å²) in [4.78, 5) is 38.6. The van der Waals surface area contributed by atoms with E-state index in [2.05, 4.69) is 27.1 Å². The number of halogens is 1. The fourth-order valence-electron chi connectivity index (χ4n) is 5.88. The van der Waals surface area contributed by atoms with E-state index in [4.69, 9.17) is 11.6 Å². The molecule has 2 aliphatic rings. The van der Waals surface area contributed by atoms with Crippen LogP contribution in [0.5, 0.6) is 0 Å². The monoisotopic (exact) mass is 529 g/mol. The molecule has 3 N–H and O–H groups in total. The van der Waals surface area contributed by atoms with E-state index in [0.29, 0.717) is 36.8 Å². The number of carbonyl (C=O) groups is 2. The van der Waals surface area contributed by atoms with Gasteiger partial charge >= 0.3 is 6.09 Å². The van der Waals surface area contributed by atoms with Crippen molar-refractivity contribution in [3.05, 3.63) is 52.4 Å². The summed E-state index contributed by atoms with van der Waals surface area (Å²) in [5.74, 6) is 0.293. The molecule has 0 spiro atoms. The van der Waals surface area contributed by atoms with E-state index in [1.165, 1.54) is 6.33 Å². The lowest BCUT2D eigenvalue weighted by Crippen LogP contribution is -2.60. The Morgan fingerprint density at radius 3 is 2.41 bits per heavy atom. The van der Waals surface area contributed by atoms with Crippen molar-refractivity contribution in [3.63, 3.8) is 0 Å². The molecular formula is C27H36ClN5O4. The lowest BCUT2D eigenvalue weighted by atomic mass is 9.71. The van der Waals surface area contributed by atoms with E-state index < -0.39 is 29.6 Å². The molecule has 9 nitrogen and oxygen atoms in total. The number of carbonyl (C=O) groups excluding carboxylic acids is 1. The van der Waals surface area contributed by atoms with E-state index in [0.717, 1.165) is 16.9 Å². The van der Waals surface area contributed by atoms with Gasteiger partial charge in [0.15, 0.2) is 0 Å². The molecule has 1 aromatic carbocycles. The van der Waals surface area contributed by atoms with Gasteiger partial charge in [-0.15, -0.1) is 0 Å². The number of hydrogen-bond donors (Lipinski definition) is 3. The molecule has 1 fully saturated rings. The summed E-state index contributed by atoms with van der Waals surface area (Å²) in [6.45, 7) is 11.5. The van der Waals surface area contributed by atoms with Gasteiger partial charge in [-0.3, -0.25) is 4.79 Å². The van der Waals surface area contributed by atoms with Gasteiger partial charge in [0.25, 0.3) is 0 Å². The van der Waals surface area contributed by atoms with Gasteiger partial charge in [-0.05, 0) is 42.4 Å². The molecule has 37 heavy (non-hydrogen) atoms. The second kappa shape index (κ2) is 10.5. The van der Waals surface area contributed by atoms with Crippen molar-refractivity contribution in [1.82, 2.24) is 20.2 Å². The second-order valence-electron chi connectivity index (χ2n) is 11.3. The standard InChI is InChI=1S/C27H36ClN5O4/c1-15-12-19(34)22-20(15)24(30-14-29-22)33-11-10-32(13-16(33)2)25(35)23(31-26(36)37)21(27(3,4)5)17-6-8-18(28)9-7-17/h6-9,14-16,19,21,23,31,34H,10-13H2,1-5H3,(H,36,37)/t15-,16+,19-,21-,23?/m1/s1. The third kappa shape index (κ3) is 5.52. The number of fused-ring (bicyclic) bond motifs is 1. The molecule has 2 aromatic rings. The fourth-order valence-corrected chi connectivity index (χ4v) is 6.01. The lowest BCUT2D eigenvalue weighted by Gasteiger charge is -2.44. The van der Waals surface area contributed by atoms with Crippen molar-refractivity contribution < 1.29 is 19.8 Å². The minimum atomic E-state index is -1.24. The van der Waals surface area contributed by atoms with Crippen LogP contribution in [0.1, 0.15) is 75.8 Å². The molecule has 200 valence electrons. The van der Waals surface area contributed by atoms with Crippen LogP contribution in [0.3, 0.4) is 0 Å². The van der Waals surface area contributed by atoms with Crippen molar-refractivity contribution in [2.75, 3.05) is 24.5 Å². The van der Waals surface area contributed by atoms with Gasteiger partial charge < -0.3 is 25.3 Å². The molecule has 1 saturated heterocycles. The minimum Gasteiger partial charge on any atom is -0.465 e. The maximum absolute atomic E-state index is 13.9. The van der Waals surface area contributed by atoms with Crippen molar-refractivity contribution in [1.29, 1.82) is 0 Å². The third-order valence-corrected chi connectivity index (χ3v) is 7.78. The highest BCUT2D eigenvalue weighted by molar-refractivity contribution is 6.30. The zero-order chi connectivity index (χ0) is 27.1. The quantitative estimate of drug-likeness (QED) is 0.531. The predicted octanol–water partition coefficient (Wildman–Crippen LogP) is 4.17. The molecular weight excluding hydrogens is 494 g/mol. The van der Waals surface area contributed by atoms with Gasteiger partial charge in [-0.1, -0.05) is 51.4 Å². The Kier molecular flexibility index (Phi) is 7.67. The van der Waals surface area contributed by atoms with Crippen LogP contribution in [0.15, 0.2) is 30.6 Å². The van der Waals surface area contributed by atoms with E-state index in [9.17, 15) is 19.8 Å². The Labute approximate surface area is 222 Å². The molecule has 0 bridgehead atoms. The Bertz CT molecular complexity index is 1150. The Morgan fingerprint density at radius 2 is 1.81 bits per heavy atom. The zero-order valence-corrected chi connectivity index (χ0v) is 22.7. The molecule has 2 heterocycles. The van der Waals surface area contributed by atoms with Crippen LogP contribution in [0.25, 0.3) is 0 Å². The Balaban J connectivity index is 1.60. The summed E-state index contributed by atoms with van der Waals surface area (Å²) < 4.78 is 0. The first-order chi connectivity index (χ1) is 17.4. The largest absolute Gasteiger partial charge is 0.465 e. The number of carboxylic acid groups (broad SMARTS) is 1. The van der Waals surface area contributed by atoms with Crippen LogP contribution in [0.4, 0.5) is 10.6 Å². The van der Waals surface area contributed by atoms with Gasteiger partial charge in [-0.2, -0.15) is 0 Å². The number of benzene rings is 1. The Hall–Kier alpha value is -2.91. The number of nitrogens with one attached hydrogen (secondary N) is 1.